The van der Waals surface area contributed by atoms with Crippen LogP contribution in [0.2, 0.25) is 0 Å². The van der Waals surface area contributed by atoms with Crippen LogP contribution in [0, 0.1) is 0 Å². The zero-order valence-electron chi connectivity index (χ0n) is 16.2. The summed E-state index contributed by atoms with van der Waals surface area (Å²) in [6.07, 6.45) is 1.11. The third-order valence-corrected chi connectivity index (χ3v) is 5.58. The van der Waals surface area contributed by atoms with E-state index < -0.39 is 21.3 Å². The molecule has 1 atom stereocenters. The Morgan fingerprint density at radius 2 is 1.54 bits per heavy atom. The van der Waals surface area contributed by atoms with Crippen LogP contribution in [0.15, 0.2) is 53.4 Å². The number of rotatable bonds is 7. The molecule has 0 saturated heterocycles. The molecule has 0 aliphatic heterocycles. The van der Waals surface area contributed by atoms with E-state index in [-0.39, 0.29) is 17.3 Å². The first kappa shape index (κ1) is 21.6. The van der Waals surface area contributed by atoms with E-state index in [2.05, 4.69) is 10.6 Å². The standard InChI is InChI=1S/C20H25N3O4S/c1-14(24)23-20(2,17-8-10-18(11-9-17)28(3,26)27)19(25)22-13-16-6-4-15(12-21)5-7-16/h4-11H,12-13,21H2,1-3H3,(H,22,25)(H,23,24). The van der Waals surface area contributed by atoms with Crippen molar-refractivity contribution in [1.29, 1.82) is 0 Å². The van der Waals surface area contributed by atoms with Crippen molar-refractivity contribution in [3.63, 3.8) is 0 Å². The van der Waals surface area contributed by atoms with Crippen LogP contribution >= 0.6 is 0 Å². The topological polar surface area (TPSA) is 118 Å². The van der Waals surface area contributed by atoms with Crippen molar-refractivity contribution in [3.8, 4) is 0 Å². The zero-order valence-corrected chi connectivity index (χ0v) is 17.0. The van der Waals surface area contributed by atoms with Crippen LogP contribution in [-0.4, -0.2) is 26.5 Å². The number of hydrogen-bond donors (Lipinski definition) is 3. The fourth-order valence-electron chi connectivity index (χ4n) is 2.80. The second kappa shape index (κ2) is 8.53. The largest absolute Gasteiger partial charge is 0.350 e. The molecule has 8 heteroatoms. The van der Waals surface area contributed by atoms with Crippen LogP contribution in [-0.2, 0) is 38.1 Å². The minimum atomic E-state index is -3.36. The number of amides is 2. The summed E-state index contributed by atoms with van der Waals surface area (Å²) in [5.74, 6) is -0.783. The Morgan fingerprint density at radius 1 is 1.00 bits per heavy atom. The van der Waals surface area contributed by atoms with Crippen LogP contribution in [0.4, 0.5) is 0 Å². The molecule has 2 aromatic rings. The van der Waals surface area contributed by atoms with Gasteiger partial charge < -0.3 is 16.4 Å². The number of nitrogens with two attached hydrogens (primary N) is 1. The van der Waals surface area contributed by atoms with Gasteiger partial charge in [0.15, 0.2) is 9.84 Å². The highest BCUT2D eigenvalue weighted by molar-refractivity contribution is 7.90. The summed E-state index contributed by atoms with van der Waals surface area (Å²) in [6.45, 7) is 3.62. The Morgan fingerprint density at radius 3 is 2.00 bits per heavy atom. The Labute approximate surface area is 165 Å². The lowest BCUT2D eigenvalue weighted by Crippen LogP contribution is -2.53. The third kappa shape index (κ3) is 5.17. The second-order valence-corrected chi connectivity index (χ2v) is 8.82. The van der Waals surface area contributed by atoms with Crippen LogP contribution in [0.3, 0.4) is 0 Å². The molecule has 150 valence electrons. The summed E-state index contributed by atoms with van der Waals surface area (Å²) in [5.41, 5.74) is 6.59. The van der Waals surface area contributed by atoms with Gasteiger partial charge >= 0.3 is 0 Å². The van der Waals surface area contributed by atoms with Gasteiger partial charge in [-0.1, -0.05) is 36.4 Å². The molecule has 2 rings (SSSR count). The van der Waals surface area contributed by atoms with Crippen molar-refractivity contribution in [2.45, 2.75) is 37.4 Å². The maximum atomic E-state index is 12.9. The van der Waals surface area contributed by atoms with Gasteiger partial charge in [-0.15, -0.1) is 0 Å². The average Bonchev–Trinajstić information content (AvgIpc) is 2.65. The van der Waals surface area contributed by atoms with Crippen molar-refractivity contribution in [2.24, 2.45) is 5.73 Å². The average molecular weight is 404 g/mol. The van der Waals surface area contributed by atoms with Gasteiger partial charge in [0, 0.05) is 26.3 Å². The van der Waals surface area contributed by atoms with Crippen molar-refractivity contribution < 1.29 is 18.0 Å². The third-order valence-electron chi connectivity index (χ3n) is 4.45. The second-order valence-electron chi connectivity index (χ2n) is 6.81. The molecule has 2 aromatic carbocycles. The normalized spacial score (nSPS) is 13.4. The highest BCUT2D eigenvalue weighted by Gasteiger charge is 2.36. The quantitative estimate of drug-likeness (QED) is 0.642. The molecule has 0 aliphatic carbocycles. The van der Waals surface area contributed by atoms with Crippen LogP contribution in [0.5, 0.6) is 0 Å². The molecular weight excluding hydrogens is 378 g/mol. The van der Waals surface area contributed by atoms with E-state index >= 15 is 0 Å². The molecule has 0 radical (unpaired) electrons. The van der Waals surface area contributed by atoms with Crippen molar-refractivity contribution in [3.05, 3.63) is 65.2 Å². The number of hydrogen-bond acceptors (Lipinski definition) is 5. The first-order chi connectivity index (χ1) is 13.1. The molecule has 0 saturated carbocycles. The Balaban J connectivity index is 2.24. The van der Waals surface area contributed by atoms with E-state index in [4.69, 9.17) is 5.73 Å². The van der Waals surface area contributed by atoms with Gasteiger partial charge in [-0.3, -0.25) is 9.59 Å². The summed E-state index contributed by atoms with van der Waals surface area (Å²) in [7, 11) is -3.36. The van der Waals surface area contributed by atoms with Crippen LogP contribution in [0.1, 0.15) is 30.5 Å². The summed E-state index contributed by atoms with van der Waals surface area (Å²) < 4.78 is 23.3. The van der Waals surface area contributed by atoms with Crippen LogP contribution < -0.4 is 16.4 Å². The van der Waals surface area contributed by atoms with E-state index in [1.807, 2.05) is 24.3 Å². The maximum Gasteiger partial charge on any atom is 0.250 e. The first-order valence-electron chi connectivity index (χ1n) is 8.72. The van der Waals surface area contributed by atoms with Gasteiger partial charge in [-0.25, -0.2) is 8.42 Å². The van der Waals surface area contributed by atoms with Crippen LogP contribution in [0.25, 0.3) is 0 Å². The molecular formula is C20H25N3O4S. The zero-order chi connectivity index (χ0) is 20.9. The number of sulfone groups is 1. The fraction of sp³-hybridized carbons (Fsp3) is 0.300. The summed E-state index contributed by atoms with van der Waals surface area (Å²) >= 11 is 0. The monoisotopic (exact) mass is 403 g/mol. The van der Waals surface area contributed by atoms with Crippen molar-refractivity contribution in [1.82, 2.24) is 10.6 Å². The smallest absolute Gasteiger partial charge is 0.250 e. The summed E-state index contributed by atoms with van der Waals surface area (Å²) in [5, 5.41) is 5.49. The van der Waals surface area contributed by atoms with E-state index in [0.717, 1.165) is 17.4 Å². The van der Waals surface area contributed by atoms with Gasteiger partial charge in [0.1, 0.15) is 5.54 Å². The maximum absolute atomic E-state index is 12.9. The molecule has 0 heterocycles. The predicted octanol–water partition coefficient (Wildman–Crippen LogP) is 1.22. The first-order valence-corrected chi connectivity index (χ1v) is 10.6. The number of carbonyl (C=O) groups is 2. The van der Waals surface area contributed by atoms with Gasteiger partial charge in [-0.05, 0) is 35.7 Å². The molecule has 0 aliphatic rings. The van der Waals surface area contributed by atoms with Gasteiger partial charge in [0.05, 0.1) is 4.90 Å². The number of benzene rings is 2. The minimum absolute atomic E-state index is 0.141. The van der Waals surface area contributed by atoms with Gasteiger partial charge in [0.2, 0.25) is 11.8 Å². The lowest BCUT2D eigenvalue weighted by molar-refractivity contribution is -0.132. The van der Waals surface area contributed by atoms with Crippen molar-refractivity contribution >= 4 is 21.7 Å². The molecule has 7 nitrogen and oxygen atoms in total. The van der Waals surface area contributed by atoms with Gasteiger partial charge in [-0.2, -0.15) is 0 Å². The number of carbonyl (C=O) groups excluding carboxylic acids is 2. The van der Waals surface area contributed by atoms with Crippen molar-refractivity contribution in [2.75, 3.05) is 6.26 Å². The Kier molecular flexibility index (Phi) is 6.58. The molecule has 0 spiro atoms. The summed E-state index contributed by atoms with van der Waals surface area (Å²) in [4.78, 5) is 24.8. The minimum Gasteiger partial charge on any atom is -0.350 e. The fourth-order valence-corrected chi connectivity index (χ4v) is 3.43. The lowest BCUT2D eigenvalue weighted by Gasteiger charge is -2.30. The van der Waals surface area contributed by atoms with E-state index in [9.17, 15) is 18.0 Å². The summed E-state index contributed by atoms with van der Waals surface area (Å²) in [6, 6.07) is 13.4. The van der Waals surface area contributed by atoms with E-state index in [1.165, 1.54) is 31.2 Å². The lowest BCUT2D eigenvalue weighted by atomic mass is 9.90. The highest BCUT2D eigenvalue weighted by atomic mass is 32.2. The molecule has 28 heavy (non-hydrogen) atoms. The van der Waals surface area contributed by atoms with Gasteiger partial charge in [0.25, 0.3) is 0 Å². The molecule has 0 aromatic heterocycles. The van der Waals surface area contributed by atoms with E-state index in [0.29, 0.717) is 12.1 Å². The Hall–Kier alpha value is -2.71. The Bertz CT molecular complexity index is 954. The highest BCUT2D eigenvalue weighted by Crippen LogP contribution is 2.23. The SMILES string of the molecule is CC(=O)NC(C)(C(=O)NCc1ccc(CN)cc1)c1ccc(S(C)(=O)=O)cc1. The molecule has 0 fully saturated rings. The molecule has 0 bridgehead atoms. The molecule has 1 unspecified atom stereocenters. The van der Waals surface area contributed by atoms with E-state index in [1.54, 1.807) is 6.92 Å². The predicted molar refractivity (Wildman–Crippen MR) is 107 cm³/mol. The molecule has 4 N–H and O–H groups in total. The molecule has 2 amide bonds. The number of nitrogens with one attached hydrogen (secondary N) is 2.